The van der Waals surface area contributed by atoms with E-state index in [1.54, 1.807) is 0 Å². The third-order valence-electron chi connectivity index (χ3n) is 4.12. The van der Waals surface area contributed by atoms with Crippen molar-refractivity contribution in [1.82, 2.24) is 0 Å². The van der Waals surface area contributed by atoms with Gasteiger partial charge in [0, 0.05) is 11.4 Å². The highest BCUT2D eigenvalue weighted by Crippen LogP contribution is 2.26. The summed E-state index contributed by atoms with van der Waals surface area (Å²) in [6.07, 6.45) is 1.11. The summed E-state index contributed by atoms with van der Waals surface area (Å²) in [4.78, 5) is 0. The number of hydrogen-bond donors (Lipinski definition) is 2. The first-order valence-corrected chi connectivity index (χ1v) is 8.16. The van der Waals surface area contributed by atoms with Crippen molar-refractivity contribution < 1.29 is 0 Å². The number of thiocarbonyl (C=S) groups is 1. The smallest absolute Gasteiger partial charge is 0.175 e. The summed E-state index contributed by atoms with van der Waals surface area (Å²) in [7, 11) is 0. The first kappa shape index (κ1) is 16.5. The van der Waals surface area contributed by atoms with E-state index in [1.807, 2.05) is 6.07 Å². The van der Waals surface area contributed by atoms with E-state index in [0.29, 0.717) is 11.0 Å². The number of aryl methyl sites for hydroxylation is 2. The molecule has 0 radical (unpaired) electrons. The van der Waals surface area contributed by atoms with Crippen molar-refractivity contribution in [1.29, 1.82) is 0 Å². The number of hydrogen-bond acceptors (Lipinski definition) is 1. The van der Waals surface area contributed by atoms with Crippen molar-refractivity contribution in [2.75, 3.05) is 10.6 Å². The topological polar surface area (TPSA) is 24.1 Å². The molecule has 0 heterocycles. The predicted molar refractivity (Wildman–Crippen MR) is 101 cm³/mol. The van der Waals surface area contributed by atoms with Crippen LogP contribution in [-0.4, -0.2) is 5.11 Å². The fourth-order valence-electron chi connectivity index (χ4n) is 2.36. The zero-order valence-corrected chi connectivity index (χ0v) is 14.6. The van der Waals surface area contributed by atoms with Crippen LogP contribution in [-0.2, 0) is 0 Å². The lowest BCUT2D eigenvalue weighted by Gasteiger charge is -2.17. The standard InChI is InChI=1S/C19H24N2S/c1-5-13(2)17-8-6-7-9-18(17)21-19(22)20-16-11-10-14(3)15(4)12-16/h6-13H,5H2,1-4H3,(H2,20,21,22). The largest absolute Gasteiger partial charge is 0.332 e. The van der Waals surface area contributed by atoms with Gasteiger partial charge in [0.2, 0.25) is 0 Å². The van der Waals surface area contributed by atoms with Crippen LogP contribution in [0.4, 0.5) is 11.4 Å². The Bertz CT molecular complexity index is 664. The van der Waals surface area contributed by atoms with Crippen molar-refractivity contribution in [3.8, 4) is 0 Å². The Hall–Kier alpha value is -1.87. The second kappa shape index (κ2) is 7.41. The summed E-state index contributed by atoms with van der Waals surface area (Å²) in [6.45, 7) is 8.65. The molecule has 2 N–H and O–H groups in total. The summed E-state index contributed by atoms with van der Waals surface area (Å²) < 4.78 is 0. The molecule has 0 amide bonds. The SMILES string of the molecule is CCC(C)c1ccccc1NC(=S)Nc1ccc(C)c(C)c1. The van der Waals surface area contributed by atoms with Crippen LogP contribution in [0, 0.1) is 13.8 Å². The Kier molecular flexibility index (Phi) is 5.56. The molecule has 116 valence electrons. The highest BCUT2D eigenvalue weighted by atomic mass is 32.1. The van der Waals surface area contributed by atoms with Crippen LogP contribution in [0.2, 0.25) is 0 Å². The molecule has 2 aromatic carbocycles. The van der Waals surface area contributed by atoms with Crippen LogP contribution in [0.1, 0.15) is 42.9 Å². The zero-order chi connectivity index (χ0) is 16.1. The van der Waals surface area contributed by atoms with Gasteiger partial charge in [0.1, 0.15) is 0 Å². The van der Waals surface area contributed by atoms with Crippen LogP contribution in [0.15, 0.2) is 42.5 Å². The van der Waals surface area contributed by atoms with Crippen molar-refractivity contribution in [3.63, 3.8) is 0 Å². The van der Waals surface area contributed by atoms with E-state index in [2.05, 4.69) is 74.7 Å². The second-order valence-electron chi connectivity index (χ2n) is 5.77. The van der Waals surface area contributed by atoms with E-state index in [-0.39, 0.29) is 0 Å². The Balaban J connectivity index is 2.10. The molecule has 0 bridgehead atoms. The Morgan fingerprint density at radius 3 is 2.45 bits per heavy atom. The van der Waals surface area contributed by atoms with Gasteiger partial charge in [-0.25, -0.2) is 0 Å². The molecule has 0 aliphatic carbocycles. The quantitative estimate of drug-likeness (QED) is 0.716. The predicted octanol–water partition coefficient (Wildman–Crippen LogP) is 5.63. The molecule has 2 aromatic rings. The first-order valence-electron chi connectivity index (χ1n) is 7.75. The average molecular weight is 312 g/mol. The molecule has 1 atom stereocenters. The minimum atomic E-state index is 0.508. The zero-order valence-electron chi connectivity index (χ0n) is 13.7. The lowest BCUT2D eigenvalue weighted by molar-refractivity contribution is 0.736. The molecule has 0 spiro atoms. The second-order valence-corrected chi connectivity index (χ2v) is 6.18. The molecule has 0 aromatic heterocycles. The summed E-state index contributed by atoms with van der Waals surface area (Å²) >= 11 is 5.45. The molecule has 2 nitrogen and oxygen atoms in total. The van der Waals surface area contributed by atoms with Gasteiger partial charge in [-0.05, 0) is 73.3 Å². The van der Waals surface area contributed by atoms with Crippen LogP contribution >= 0.6 is 12.2 Å². The molecule has 0 saturated carbocycles. The van der Waals surface area contributed by atoms with E-state index in [9.17, 15) is 0 Å². The van der Waals surface area contributed by atoms with E-state index in [1.165, 1.54) is 16.7 Å². The molecule has 2 rings (SSSR count). The Morgan fingerprint density at radius 1 is 1.05 bits per heavy atom. The lowest BCUT2D eigenvalue weighted by atomic mass is 9.97. The van der Waals surface area contributed by atoms with E-state index in [0.717, 1.165) is 17.8 Å². The van der Waals surface area contributed by atoms with Gasteiger partial charge in [-0.3, -0.25) is 0 Å². The maximum atomic E-state index is 5.45. The van der Waals surface area contributed by atoms with Gasteiger partial charge in [-0.15, -0.1) is 0 Å². The monoisotopic (exact) mass is 312 g/mol. The van der Waals surface area contributed by atoms with Crippen molar-refractivity contribution >= 4 is 28.7 Å². The van der Waals surface area contributed by atoms with Crippen molar-refractivity contribution in [2.24, 2.45) is 0 Å². The normalized spacial score (nSPS) is 11.8. The average Bonchev–Trinajstić information content (AvgIpc) is 2.50. The van der Waals surface area contributed by atoms with Crippen LogP contribution in [0.25, 0.3) is 0 Å². The summed E-state index contributed by atoms with van der Waals surface area (Å²) in [6, 6.07) is 14.6. The van der Waals surface area contributed by atoms with Gasteiger partial charge < -0.3 is 10.6 Å². The molecular formula is C19H24N2S. The summed E-state index contributed by atoms with van der Waals surface area (Å²) in [5, 5.41) is 7.22. The van der Waals surface area contributed by atoms with E-state index < -0.39 is 0 Å². The summed E-state index contributed by atoms with van der Waals surface area (Å²) in [5.41, 5.74) is 5.94. The molecule has 0 aliphatic rings. The number of nitrogens with one attached hydrogen (secondary N) is 2. The molecule has 3 heteroatoms. The van der Waals surface area contributed by atoms with Crippen LogP contribution in [0.3, 0.4) is 0 Å². The number of rotatable bonds is 4. The van der Waals surface area contributed by atoms with E-state index in [4.69, 9.17) is 12.2 Å². The number of para-hydroxylation sites is 1. The first-order chi connectivity index (χ1) is 10.5. The minimum Gasteiger partial charge on any atom is -0.332 e. The van der Waals surface area contributed by atoms with Gasteiger partial charge in [-0.1, -0.05) is 38.1 Å². The molecule has 0 fully saturated rings. The third kappa shape index (κ3) is 4.08. The molecule has 0 aliphatic heterocycles. The van der Waals surface area contributed by atoms with Crippen LogP contribution < -0.4 is 10.6 Å². The maximum absolute atomic E-state index is 5.45. The third-order valence-corrected chi connectivity index (χ3v) is 4.32. The molecule has 0 saturated heterocycles. The molecular weight excluding hydrogens is 288 g/mol. The van der Waals surface area contributed by atoms with Crippen LogP contribution in [0.5, 0.6) is 0 Å². The lowest BCUT2D eigenvalue weighted by Crippen LogP contribution is -2.20. The fourth-order valence-corrected chi connectivity index (χ4v) is 2.59. The Labute approximate surface area is 139 Å². The van der Waals surface area contributed by atoms with Gasteiger partial charge in [-0.2, -0.15) is 0 Å². The summed E-state index contributed by atoms with van der Waals surface area (Å²) in [5.74, 6) is 0.508. The minimum absolute atomic E-state index is 0.508. The number of anilines is 2. The molecule has 1 unspecified atom stereocenters. The van der Waals surface area contributed by atoms with Gasteiger partial charge in [0.25, 0.3) is 0 Å². The highest BCUT2D eigenvalue weighted by molar-refractivity contribution is 7.80. The van der Waals surface area contributed by atoms with Gasteiger partial charge >= 0.3 is 0 Å². The van der Waals surface area contributed by atoms with Crippen molar-refractivity contribution in [2.45, 2.75) is 40.0 Å². The van der Waals surface area contributed by atoms with Crippen molar-refractivity contribution in [3.05, 3.63) is 59.2 Å². The van der Waals surface area contributed by atoms with E-state index >= 15 is 0 Å². The number of benzene rings is 2. The highest BCUT2D eigenvalue weighted by Gasteiger charge is 2.09. The molecule has 22 heavy (non-hydrogen) atoms. The fraction of sp³-hybridized carbons (Fsp3) is 0.316. The van der Waals surface area contributed by atoms with Gasteiger partial charge in [0.05, 0.1) is 0 Å². The van der Waals surface area contributed by atoms with Gasteiger partial charge in [0.15, 0.2) is 5.11 Å². The Morgan fingerprint density at radius 2 is 1.77 bits per heavy atom. The maximum Gasteiger partial charge on any atom is 0.175 e.